The van der Waals surface area contributed by atoms with Gasteiger partial charge < -0.3 is 5.32 Å². The van der Waals surface area contributed by atoms with E-state index in [-0.39, 0.29) is 5.56 Å². The van der Waals surface area contributed by atoms with Gasteiger partial charge in [-0.3, -0.25) is 18.6 Å². The number of thioether (sulfide) groups is 1. The number of hydrogen-bond donors (Lipinski definition) is 1. The highest BCUT2D eigenvalue weighted by Gasteiger charge is 2.23. The number of amides is 1. The summed E-state index contributed by atoms with van der Waals surface area (Å²) in [4.78, 5) is 25.8. The highest BCUT2D eigenvalue weighted by atomic mass is 32.2. The molecule has 0 saturated heterocycles. The van der Waals surface area contributed by atoms with Crippen molar-refractivity contribution in [2.45, 2.75) is 44.1 Å². The lowest BCUT2D eigenvalue weighted by atomic mass is 10.1. The van der Waals surface area contributed by atoms with Crippen molar-refractivity contribution in [2.24, 2.45) is 5.92 Å². The van der Waals surface area contributed by atoms with Gasteiger partial charge in [-0.1, -0.05) is 37.7 Å². The average molecular weight is 490 g/mol. The lowest BCUT2D eigenvalue weighted by Gasteiger charge is -2.14. The Kier molecular flexibility index (Phi) is 6.65. The maximum Gasteiger partial charge on any atom is 0.262 e. The van der Waals surface area contributed by atoms with Gasteiger partial charge >= 0.3 is 0 Å². The van der Waals surface area contributed by atoms with Crippen LogP contribution in [0.2, 0.25) is 0 Å². The topological polar surface area (TPSA) is 81.3 Å². The molecule has 2 aromatic heterocycles. The maximum absolute atomic E-state index is 14.0. The molecule has 7 nitrogen and oxygen atoms in total. The number of fused-ring (bicyclic) bond motifs is 3. The average Bonchev–Trinajstić information content (AvgIpc) is 3.22. The Balaban J connectivity index is 1.69. The van der Waals surface area contributed by atoms with E-state index in [0.29, 0.717) is 34.3 Å². The Morgan fingerprint density at radius 1 is 1.06 bits per heavy atom. The zero-order valence-electron chi connectivity index (χ0n) is 18.7. The molecular formula is C23H22F3N5O2S. The maximum atomic E-state index is 14.0. The Morgan fingerprint density at radius 2 is 1.79 bits per heavy atom. The third-order valence-corrected chi connectivity index (χ3v) is 6.40. The summed E-state index contributed by atoms with van der Waals surface area (Å²) in [6.07, 6.45) is 0.766. The summed E-state index contributed by atoms with van der Waals surface area (Å²) in [7, 11) is 0. The van der Waals surface area contributed by atoms with Crippen LogP contribution < -0.4 is 10.9 Å². The first kappa shape index (κ1) is 23.8. The van der Waals surface area contributed by atoms with Gasteiger partial charge in [-0.15, -0.1) is 10.2 Å². The van der Waals surface area contributed by atoms with Gasteiger partial charge in [-0.25, -0.2) is 13.2 Å². The number of nitrogens with one attached hydrogen (secondary N) is 1. The molecule has 4 aromatic rings. The van der Waals surface area contributed by atoms with Crippen LogP contribution in [0, 0.1) is 23.4 Å². The zero-order valence-corrected chi connectivity index (χ0v) is 19.5. The van der Waals surface area contributed by atoms with Crippen LogP contribution in [-0.2, 0) is 11.3 Å². The van der Waals surface area contributed by atoms with Crippen molar-refractivity contribution in [3.63, 3.8) is 0 Å². The minimum Gasteiger partial charge on any atom is -0.323 e. The number of para-hydroxylation sites is 1. The van der Waals surface area contributed by atoms with E-state index < -0.39 is 34.3 Å². The second-order valence-corrected chi connectivity index (χ2v) is 9.55. The lowest BCUT2D eigenvalue weighted by molar-refractivity contribution is -0.115. The van der Waals surface area contributed by atoms with E-state index in [1.807, 2.05) is 0 Å². The van der Waals surface area contributed by atoms with Crippen LogP contribution in [-0.4, -0.2) is 30.3 Å². The molecule has 0 aliphatic heterocycles. The molecule has 0 fully saturated rings. The van der Waals surface area contributed by atoms with Gasteiger partial charge in [0.15, 0.2) is 22.6 Å². The Bertz CT molecular complexity index is 1450. The predicted molar refractivity (Wildman–Crippen MR) is 124 cm³/mol. The first-order valence-corrected chi connectivity index (χ1v) is 11.5. The molecule has 1 amide bonds. The molecule has 1 atom stereocenters. The van der Waals surface area contributed by atoms with Gasteiger partial charge in [0.2, 0.25) is 11.7 Å². The highest BCUT2D eigenvalue weighted by Crippen LogP contribution is 2.27. The van der Waals surface area contributed by atoms with Gasteiger partial charge in [0, 0.05) is 6.54 Å². The second-order valence-electron chi connectivity index (χ2n) is 8.25. The summed E-state index contributed by atoms with van der Waals surface area (Å²) in [5.41, 5.74) is -0.0437. The highest BCUT2D eigenvalue weighted by molar-refractivity contribution is 8.00. The first-order chi connectivity index (χ1) is 16.2. The van der Waals surface area contributed by atoms with Crippen molar-refractivity contribution in [1.29, 1.82) is 0 Å². The van der Waals surface area contributed by atoms with Crippen LogP contribution in [0.5, 0.6) is 0 Å². The van der Waals surface area contributed by atoms with Crippen LogP contribution in [0.25, 0.3) is 16.7 Å². The van der Waals surface area contributed by atoms with E-state index in [2.05, 4.69) is 29.4 Å². The largest absolute Gasteiger partial charge is 0.323 e. The quantitative estimate of drug-likeness (QED) is 0.303. The number of aryl methyl sites for hydroxylation is 1. The van der Waals surface area contributed by atoms with Crippen LogP contribution in [0.15, 0.2) is 46.3 Å². The zero-order chi connectivity index (χ0) is 24.6. The van der Waals surface area contributed by atoms with E-state index >= 15 is 0 Å². The Hall–Kier alpha value is -3.34. The summed E-state index contributed by atoms with van der Waals surface area (Å²) in [6, 6.07) is 8.74. The van der Waals surface area contributed by atoms with Gasteiger partial charge in [0.25, 0.3) is 5.56 Å². The molecule has 11 heteroatoms. The minimum absolute atomic E-state index is 0.174. The molecule has 34 heavy (non-hydrogen) atoms. The summed E-state index contributed by atoms with van der Waals surface area (Å²) >= 11 is 1.05. The van der Waals surface area contributed by atoms with Crippen molar-refractivity contribution in [2.75, 3.05) is 5.32 Å². The van der Waals surface area contributed by atoms with Crippen molar-refractivity contribution in [3.8, 4) is 0 Å². The molecular weight excluding hydrogens is 467 g/mol. The molecule has 0 bridgehead atoms. The third-order valence-electron chi connectivity index (χ3n) is 5.35. The fourth-order valence-corrected chi connectivity index (χ4v) is 4.32. The van der Waals surface area contributed by atoms with E-state index in [4.69, 9.17) is 0 Å². The predicted octanol–water partition coefficient (Wildman–Crippen LogP) is 4.63. The number of rotatable bonds is 7. The van der Waals surface area contributed by atoms with Crippen molar-refractivity contribution in [3.05, 3.63) is 64.2 Å². The third kappa shape index (κ3) is 4.39. The molecule has 0 aliphatic carbocycles. The molecule has 178 valence electrons. The van der Waals surface area contributed by atoms with Crippen molar-refractivity contribution < 1.29 is 18.0 Å². The van der Waals surface area contributed by atoms with E-state index in [1.54, 1.807) is 40.2 Å². The lowest BCUT2D eigenvalue weighted by Crippen LogP contribution is -2.25. The number of aromatic nitrogens is 4. The number of anilines is 1. The van der Waals surface area contributed by atoms with Gasteiger partial charge in [0.1, 0.15) is 0 Å². The monoisotopic (exact) mass is 489 g/mol. The Labute approximate surface area is 197 Å². The smallest absolute Gasteiger partial charge is 0.262 e. The fourth-order valence-electron chi connectivity index (χ4n) is 3.47. The van der Waals surface area contributed by atoms with Gasteiger partial charge in [-0.05, 0) is 43.5 Å². The number of carbonyl (C=O) groups excluding carboxylic acids is 1. The molecule has 1 unspecified atom stereocenters. The number of nitrogens with zero attached hydrogens (tertiary/aromatic N) is 4. The van der Waals surface area contributed by atoms with Crippen molar-refractivity contribution >= 4 is 40.0 Å². The molecule has 0 aliphatic rings. The summed E-state index contributed by atoms with van der Waals surface area (Å²) in [5.74, 6) is -4.39. The number of hydrogen-bond acceptors (Lipinski definition) is 5. The second kappa shape index (κ2) is 9.49. The number of halogens is 3. The van der Waals surface area contributed by atoms with Crippen LogP contribution in [0.4, 0.5) is 18.9 Å². The summed E-state index contributed by atoms with van der Waals surface area (Å²) < 4.78 is 43.9. The molecule has 0 spiro atoms. The van der Waals surface area contributed by atoms with Gasteiger partial charge in [0.05, 0.1) is 21.8 Å². The van der Waals surface area contributed by atoms with Crippen LogP contribution in [0.1, 0.15) is 27.2 Å². The van der Waals surface area contributed by atoms with Crippen LogP contribution in [0.3, 0.4) is 0 Å². The van der Waals surface area contributed by atoms with Crippen LogP contribution >= 0.6 is 11.8 Å². The first-order valence-electron chi connectivity index (χ1n) is 10.7. The number of carbonyl (C=O) groups is 1. The van der Waals surface area contributed by atoms with Gasteiger partial charge in [-0.2, -0.15) is 0 Å². The molecule has 4 rings (SSSR count). The SMILES string of the molecule is CC(C)CCn1c(=O)c2ccccc2n2c(SC(C)C(=O)Nc3ccc(F)c(F)c3F)nnc12. The normalized spacial score (nSPS) is 12.6. The molecule has 2 aromatic carbocycles. The van der Waals surface area contributed by atoms with Crippen molar-refractivity contribution in [1.82, 2.24) is 19.2 Å². The van der Waals surface area contributed by atoms with E-state index in [1.165, 1.54) is 0 Å². The fraction of sp³-hybridized carbons (Fsp3) is 0.304. The van der Waals surface area contributed by atoms with E-state index in [9.17, 15) is 22.8 Å². The standard InChI is InChI=1S/C23H22F3N5O2S/c1-12(2)10-11-30-21(33)14-6-4-5-7-17(14)31-22(30)28-29-23(31)34-13(3)20(32)27-16-9-8-15(24)18(25)19(16)26/h4-9,12-13H,10-11H2,1-3H3,(H,27,32). The molecule has 2 heterocycles. The van der Waals surface area contributed by atoms with E-state index in [0.717, 1.165) is 30.3 Å². The molecule has 0 radical (unpaired) electrons. The Morgan fingerprint density at radius 3 is 2.53 bits per heavy atom. The summed E-state index contributed by atoms with van der Waals surface area (Å²) in [5, 5.41) is 10.7. The minimum atomic E-state index is -1.66. The molecule has 0 saturated carbocycles. The summed E-state index contributed by atoms with van der Waals surface area (Å²) in [6.45, 7) is 6.14. The molecule has 1 N–H and O–H groups in total. The number of benzene rings is 2.